The molecular weight excluding hydrogens is 416 g/mol. The third kappa shape index (κ3) is 4.02. The van der Waals surface area contributed by atoms with Gasteiger partial charge in [-0.25, -0.2) is 10.2 Å². The van der Waals surface area contributed by atoms with Crippen LogP contribution in [0.25, 0.3) is 11.2 Å². The molecule has 4 rings (SSSR count). The van der Waals surface area contributed by atoms with Gasteiger partial charge in [-0.3, -0.25) is 18.5 Å². The molecule has 0 bridgehead atoms. The molecule has 2 aromatic heterocycles. The first-order valence-corrected chi connectivity index (χ1v) is 9.99. The largest absolute Gasteiger partial charge is 0.332 e. The highest BCUT2D eigenvalue weighted by Crippen LogP contribution is 2.19. The molecule has 2 aromatic carbocycles. The molecule has 8 nitrogen and oxygen atoms in total. The van der Waals surface area contributed by atoms with E-state index in [1.54, 1.807) is 30.0 Å². The van der Waals surface area contributed by atoms with Crippen molar-refractivity contribution in [1.29, 1.82) is 0 Å². The molecule has 2 heterocycles. The summed E-state index contributed by atoms with van der Waals surface area (Å²) in [7, 11) is 3.04. The van der Waals surface area contributed by atoms with Crippen molar-refractivity contribution < 1.29 is 0 Å². The molecule has 31 heavy (non-hydrogen) atoms. The van der Waals surface area contributed by atoms with Crippen LogP contribution in [-0.2, 0) is 20.6 Å². The van der Waals surface area contributed by atoms with E-state index in [0.29, 0.717) is 23.0 Å². The number of hydrazone groups is 1. The standard InChI is InChI=1S/C22H21ClN6O2/c1-14-4-6-15(7-5-14)12-24-26-21-25-19-18(20(30)28(3)22(31)27(19)2)29(21)13-16-8-10-17(23)11-9-16/h4-12H,13H2,1-3H3,(H,25,26)/b24-12+. The molecule has 0 aliphatic heterocycles. The molecule has 158 valence electrons. The van der Waals surface area contributed by atoms with Gasteiger partial charge in [-0.2, -0.15) is 10.1 Å². The Morgan fingerprint density at radius 1 is 1.03 bits per heavy atom. The summed E-state index contributed by atoms with van der Waals surface area (Å²) in [5.41, 5.74) is 5.66. The molecule has 0 amide bonds. The van der Waals surface area contributed by atoms with E-state index >= 15 is 0 Å². The van der Waals surface area contributed by atoms with Gasteiger partial charge in [-0.1, -0.05) is 53.6 Å². The van der Waals surface area contributed by atoms with Crippen LogP contribution in [0, 0.1) is 6.92 Å². The number of imidazole rings is 1. The van der Waals surface area contributed by atoms with Crippen molar-refractivity contribution in [2.24, 2.45) is 19.2 Å². The first-order valence-electron chi connectivity index (χ1n) is 9.61. The first-order chi connectivity index (χ1) is 14.8. The fourth-order valence-corrected chi connectivity index (χ4v) is 3.40. The Morgan fingerprint density at radius 2 is 1.71 bits per heavy atom. The number of benzene rings is 2. The molecule has 0 atom stereocenters. The number of fused-ring (bicyclic) bond motifs is 1. The number of nitrogens with zero attached hydrogens (tertiary/aromatic N) is 5. The summed E-state index contributed by atoms with van der Waals surface area (Å²) in [6, 6.07) is 15.2. The summed E-state index contributed by atoms with van der Waals surface area (Å²) in [5, 5.41) is 4.91. The van der Waals surface area contributed by atoms with Gasteiger partial charge in [0.05, 0.1) is 12.8 Å². The highest BCUT2D eigenvalue weighted by molar-refractivity contribution is 6.30. The van der Waals surface area contributed by atoms with E-state index in [-0.39, 0.29) is 5.65 Å². The van der Waals surface area contributed by atoms with Crippen molar-refractivity contribution in [3.05, 3.63) is 91.1 Å². The normalized spacial score (nSPS) is 11.5. The van der Waals surface area contributed by atoms with Crippen LogP contribution in [0.4, 0.5) is 5.95 Å². The number of rotatable bonds is 5. The van der Waals surface area contributed by atoms with Gasteiger partial charge in [0.25, 0.3) is 5.56 Å². The van der Waals surface area contributed by atoms with Crippen LogP contribution in [0.5, 0.6) is 0 Å². The Labute approximate surface area is 183 Å². The summed E-state index contributed by atoms with van der Waals surface area (Å²) in [6.07, 6.45) is 1.67. The lowest BCUT2D eigenvalue weighted by atomic mass is 10.2. The van der Waals surface area contributed by atoms with Gasteiger partial charge in [0.1, 0.15) is 0 Å². The van der Waals surface area contributed by atoms with E-state index in [4.69, 9.17) is 11.6 Å². The minimum Gasteiger partial charge on any atom is -0.298 e. The highest BCUT2D eigenvalue weighted by Gasteiger charge is 2.19. The number of nitrogens with one attached hydrogen (secondary N) is 1. The Balaban J connectivity index is 1.80. The van der Waals surface area contributed by atoms with Gasteiger partial charge >= 0.3 is 5.69 Å². The molecular formula is C22H21ClN6O2. The second kappa shape index (κ2) is 8.23. The number of anilines is 1. The highest BCUT2D eigenvalue weighted by atomic mass is 35.5. The molecule has 0 saturated heterocycles. The fraction of sp³-hybridized carbons (Fsp3) is 0.182. The smallest absolute Gasteiger partial charge is 0.298 e. The SMILES string of the molecule is Cc1ccc(/C=N/Nc2nc3c(c(=O)n(C)c(=O)n3C)n2Cc2ccc(Cl)cc2)cc1. The van der Waals surface area contributed by atoms with Crippen molar-refractivity contribution in [1.82, 2.24) is 18.7 Å². The lowest BCUT2D eigenvalue weighted by Crippen LogP contribution is -2.37. The second-order valence-corrected chi connectivity index (χ2v) is 7.74. The van der Waals surface area contributed by atoms with Gasteiger partial charge in [-0.15, -0.1) is 0 Å². The van der Waals surface area contributed by atoms with Crippen LogP contribution in [-0.4, -0.2) is 24.9 Å². The Morgan fingerprint density at radius 3 is 2.39 bits per heavy atom. The maximum Gasteiger partial charge on any atom is 0.332 e. The predicted molar refractivity (Wildman–Crippen MR) is 123 cm³/mol. The van der Waals surface area contributed by atoms with Gasteiger partial charge in [0, 0.05) is 19.1 Å². The summed E-state index contributed by atoms with van der Waals surface area (Å²) in [6.45, 7) is 2.37. The van der Waals surface area contributed by atoms with E-state index in [9.17, 15) is 9.59 Å². The minimum atomic E-state index is -0.441. The first kappa shape index (κ1) is 20.6. The molecule has 1 N–H and O–H groups in total. The van der Waals surface area contributed by atoms with E-state index < -0.39 is 11.2 Å². The van der Waals surface area contributed by atoms with Gasteiger partial charge in [-0.05, 0) is 30.2 Å². The predicted octanol–water partition coefficient (Wildman–Crippen LogP) is 2.89. The molecule has 0 spiro atoms. The Kier molecular flexibility index (Phi) is 5.48. The second-order valence-electron chi connectivity index (χ2n) is 7.31. The third-order valence-corrected chi connectivity index (χ3v) is 5.31. The molecule has 0 fully saturated rings. The molecule has 0 radical (unpaired) electrons. The molecule has 0 aliphatic carbocycles. The number of aryl methyl sites for hydroxylation is 2. The van der Waals surface area contributed by atoms with E-state index in [2.05, 4.69) is 15.5 Å². The summed E-state index contributed by atoms with van der Waals surface area (Å²) in [5.74, 6) is 0.353. The average Bonchev–Trinajstić information content (AvgIpc) is 3.12. The zero-order chi connectivity index (χ0) is 22.1. The van der Waals surface area contributed by atoms with E-state index in [0.717, 1.165) is 21.3 Å². The number of hydrogen-bond acceptors (Lipinski definition) is 5. The number of hydrogen-bond donors (Lipinski definition) is 1. The lowest BCUT2D eigenvalue weighted by Gasteiger charge is -2.09. The third-order valence-electron chi connectivity index (χ3n) is 5.06. The van der Waals surface area contributed by atoms with Crippen molar-refractivity contribution in [2.75, 3.05) is 5.43 Å². The molecule has 0 saturated carbocycles. The molecule has 9 heteroatoms. The maximum atomic E-state index is 12.9. The van der Waals surface area contributed by atoms with Gasteiger partial charge in [0.15, 0.2) is 11.2 Å². The van der Waals surface area contributed by atoms with Gasteiger partial charge in [0.2, 0.25) is 5.95 Å². The van der Waals surface area contributed by atoms with Crippen molar-refractivity contribution >= 4 is 34.9 Å². The van der Waals surface area contributed by atoms with Crippen molar-refractivity contribution in [3.63, 3.8) is 0 Å². The topological polar surface area (TPSA) is 86.2 Å². The van der Waals surface area contributed by atoms with Crippen molar-refractivity contribution in [2.45, 2.75) is 13.5 Å². The van der Waals surface area contributed by atoms with Crippen LogP contribution in [0.3, 0.4) is 0 Å². The van der Waals surface area contributed by atoms with Crippen molar-refractivity contribution in [3.8, 4) is 0 Å². The molecule has 0 unspecified atom stereocenters. The maximum absolute atomic E-state index is 12.9. The van der Waals surface area contributed by atoms with Gasteiger partial charge < -0.3 is 0 Å². The summed E-state index contributed by atoms with van der Waals surface area (Å²) < 4.78 is 4.14. The quantitative estimate of drug-likeness (QED) is 0.385. The van der Waals surface area contributed by atoms with Crippen LogP contribution in [0.15, 0.2) is 63.2 Å². The zero-order valence-corrected chi connectivity index (χ0v) is 18.1. The zero-order valence-electron chi connectivity index (χ0n) is 17.3. The van der Waals surface area contributed by atoms with Crippen LogP contribution >= 0.6 is 11.6 Å². The van der Waals surface area contributed by atoms with Crippen LogP contribution < -0.4 is 16.7 Å². The Hall–Kier alpha value is -3.65. The average molecular weight is 437 g/mol. The lowest BCUT2D eigenvalue weighted by molar-refractivity contribution is 0.702. The molecule has 4 aromatic rings. The summed E-state index contributed by atoms with van der Waals surface area (Å²) >= 11 is 6.00. The fourth-order valence-electron chi connectivity index (χ4n) is 3.28. The van der Waals surface area contributed by atoms with Crippen LogP contribution in [0.2, 0.25) is 5.02 Å². The minimum absolute atomic E-state index is 0.287. The monoisotopic (exact) mass is 436 g/mol. The number of halogens is 1. The Bertz CT molecular complexity index is 1400. The summed E-state index contributed by atoms with van der Waals surface area (Å²) in [4.78, 5) is 29.8. The van der Waals surface area contributed by atoms with Crippen LogP contribution in [0.1, 0.15) is 16.7 Å². The molecule has 0 aliphatic rings. The van der Waals surface area contributed by atoms with E-state index in [1.165, 1.54) is 11.6 Å². The number of aromatic nitrogens is 4. The van der Waals surface area contributed by atoms with E-state index in [1.807, 2.05) is 43.3 Å².